The predicted molar refractivity (Wildman–Crippen MR) is 83.6 cm³/mol. The first-order valence-corrected chi connectivity index (χ1v) is 6.83. The molecule has 2 aromatic carbocycles. The van der Waals surface area contributed by atoms with Gasteiger partial charge < -0.3 is 5.11 Å². The fourth-order valence-corrected chi connectivity index (χ4v) is 1.94. The van der Waals surface area contributed by atoms with E-state index in [2.05, 4.69) is 10.5 Å². The van der Waals surface area contributed by atoms with Gasteiger partial charge >= 0.3 is 0 Å². The highest BCUT2D eigenvalue weighted by atomic mass is 16.3. The van der Waals surface area contributed by atoms with Crippen LogP contribution in [0.3, 0.4) is 0 Å². The van der Waals surface area contributed by atoms with Crippen molar-refractivity contribution in [2.75, 3.05) is 0 Å². The topological polar surface area (TPSA) is 61.7 Å². The van der Waals surface area contributed by atoms with E-state index in [0.717, 1.165) is 5.56 Å². The number of rotatable bonds is 4. The lowest BCUT2D eigenvalue weighted by molar-refractivity contribution is 0.0955. The first kappa shape index (κ1) is 14.8. The number of hydrazone groups is 1. The van der Waals surface area contributed by atoms with Gasteiger partial charge in [-0.25, -0.2) is 5.43 Å². The number of hydrogen-bond acceptors (Lipinski definition) is 3. The Morgan fingerprint density at radius 1 is 1.14 bits per heavy atom. The zero-order valence-corrected chi connectivity index (χ0v) is 12.1. The molecule has 1 amide bonds. The maximum absolute atomic E-state index is 12.0. The Kier molecular flexibility index (Phi) is 4.72. The molecule has 0 spiro atoms. The van der Waals surface area contributed by atoms with Crippen LogP contribution in [0.1, 0.15) is 34.8 Å². The van der Waals surface area contributed by atoms with Gasteiger partial charge in [-0.05, 0) is 37.6 Å². The predicted octanol–water partition coefficient (Wildman–Crippen LogP) is 3.24. The minimum absolute atomic E-state index is 0.155. The molecular formula is C17H18N2O2. The van der Waals surface area contributed by atoms with E-state index in [1.807, 2.05) is 32.0 Å². The second-order valence-corrected chi connectivity index (χ2v) is 4.74. The minimum atomic E-state index is -0.267. The van der Waals surface area contributed by atoms with E-state index >= 15 is 0 Å². The van der Waals surface area contributed by atoms with Gasteiger partial charge in [0.1, 0.15) is 5.75 Å². The first-order valence-electron chi connectivity index (χ1n) is 6.83. The van der Waals surface area contributed by atoms with Gasteiger partial charge in [0, 0.05) is 11.1 Å². The summed E-state index contributed by atoms with van der Waals surface area (Å²) in [6, 6.07) is 14.2. The molecule has 0 aliphatic carbocycles. The summed E-state index contributed by atoms with van der Waals surface area (Å²) in [5.41, 5.74) is 5.44. The third kappa shape index (κ3) is 3.69. The number of hydrogen-bond donors (Lipinski definition) is 2. The van der Waals surface area contributed by atoms with Crippen LogP contribution in [0.4, 0.5) is 0 Å². The molecule has 0 bridgehead atoms. The Hall–Kier alpha value is -2.62. The Balaban J connectivity index is 2.16. The van der Waals surface area contributed by atoms with Crippen LogP contribution in [0.25, 0.3) is 0 Å². The van der Waals surface area contributed by atoms with E-state index < -0.39 is 0 Å². The molecule has 108 valence electrons. The summed E-state index contributed by atoms with van der Waals surface area (Å²) < 4.78 is 0. The van der Waals surface area contributed by atoms with Crippen LogP contribution in [0.2, 0.25) is 0 Å². The van der Waals surface area contributed by atoms with Gasteiger partial charge in [0.05, 0.1) is 5.71 Å². The summed E-state index contributed by atoms with van der Waals surface area (Å²) >= 11 is 0. The van der Waals surface area contributed by atoms with Crippen molar-refractivity contribution in [3.05, 3.63) is 65.2 Å². The SMILES string of the molecule is CCC(=NNC(=O)c1ccc(C)cc1)c1ccccc1O. The standard InChI is InChI=1S/C17H18N2O2/c1-3-15(14-6-4-5-7-16(14)20)18-19-17(21)13-10-8-12(2)9-11-13/h4-11,20H,3H2,1-2H3,(H,19,21). The average molecular weight is 282 g/mol. The molecule has 4 nitrogen and oxygen atoms in total. The number of para-hydroxylation sites is 1. The third-order valence-electron chi connectivity index (χ3n) is 3.16. The maximum Gasteiger partial charge on any atom is 0.271 e. The normalized spacial score (nSPS) is 11.2. The van der Waals surface area contributed by atoms with Gasteiger partial charge in [-0.1, -0.05) is 36.8 Å². The molecule has 0 aromatic heterocycles. The molecule has 2 rings (SSSR count). The number of carbonyl (C=O) groups excluding carboxylic acids is 1. The lowest BCUT2D eigenvalue weighted by Gasteiger charge is -2.07. The van der Waals surface area contributed by atoms with Crippen LogP contribution in [-0.4, -0.2) is 16.7 Å². The highest BCUT2D eigenvalue weighted by Crippen LogP contribution is 2.17. The quantitative estimate of drug-likeness (QED) is 0.668. The van der Waals surface area contributed by atoms with Gasteiger partial charge in [-0.15, -0.1) is 0 Å². The summed E-state index contributed by atoms with van der Waals surface area (Å²) in [5.74, 6) is -0.112. The van der Waals surface area contributed by atoms with Crippen molar-refractivity contribution >= 4 is 11.6 Å². The Morgan fingerprint density at radius 2 is 1.81 bits per heavy atom. The number of amides is 1. The lowest BCUT2D eigenvalue weighted by Crippen LogP contribution is -2.20. The average Bonchev–Trinajstić information content (AvgIpc) is 2.50. The van der Waals surface area contributed by atoms with E-state index in [1.165, 1.54) is 0 Å². The number of phenolic OH excluding ortho intramolecular Hbond substituents is 1. The first-order chi connectivity index (χ1) is 10.1. The fourth-order valence-electron chi connectivity index (χ4n) is 1.94. The Bertz CT molecular complexity index is 661. The molecule has 2 aromatic rings. The van der Waals surface area contributed by atoms with Crippen LogP contribution in [0.5, 0.6) is 5.75 Å². The largest absolute Gasteiger partial charge is 0.507 e. The summed E-state index contributed by atoms with van der Waals surface area (Å²) in [6.45, 7) is 3.89. The zero-order valence-electron chi connectivity index (χ0n) is 12.1. The van der Waals surface area contributed by atoms with Crippen LogP contribution in [0.15, 0.2) is 53.6 Å². The molecule has 4 heteroatoms. The molecule has 2 N–H and O–H groups in total. The molecule has 0 aliphatic rings. The van der Waals surface area contributed by atoms with Crippen molar-refractivity contribution in [3.8, 4) is 5.75 Å². The number of aryl methyl sites for hydroxylation is 1. The van der Waals surface area contributed by atoms with E-state index in [1.54, 1.807) is 30.3 Å². The molecule has 21 heavy (non-hydrogen) atoms. The Morgan fingerprint density at radius 3 is 2.43 bits per heavy atom. The van der Waals surface area contributed by atoms with Crippen LogP contribution in [0, 0.1) is 6.92 Å². The second kappa shape index (κ2) is 6.70. The second-order valence-electron chi connectivity index (χ2n) is 4.74. The molecule has 0 saturated carbocycles. The summed E-state index contributed by atoms with van der Waals surface area (Å²) in [5, 5.41) is 14.0. The summed E-state index contributed by atoms with van der Waals surface area (Å²) in [4.78, 5) is 12.0. The molecule has 0 radical (unpaired) electrons. The van der Waals surface area contributed by atoms with Gasteiger partial charge in [-0.3, -0.25) is 4.79 Å². The minimum Gasteiger partial charge on any atom is -0.507 e. The van der Waals surface area contributed by atoms with E-state index in [9.17, 15) is 9.90 Å². The fraction of sp³-hybridized carbons (Fsp3) is 0.176. The van der Waals surface area contributed by atoms with Crippen molar-refractivity contribution < 1.29 is 9.90 Å². The number of nitrogens with one attached hydrogen (secondary N) is 1. The molecule has 0 unspecified atom stereocenters. The van der Waals surface area contributed by atoms with Crippen molar-refractivity contribution in [2.45, 2.75) is 20.3 Å². The van der Waals surface area contributed by atoms with Crippen LogP contribution in [-0.2, 0) is 0 Å². The molecule has 0 saturated heterocycles. The number of nitrogens with zero attached hydrogens (tertiary/aromatic N) is 1. The monoisotopic (exact) mass is 282 g/mol. The van der Waals surface area contributed by atoms with Crippen LogP contribution >= 0.6 is 0 Å². The van der Waals surface area contributed by atoms with Crippen LogP contribution < -0.4 is 5.43 Å². The van der Waals surface area contributed by atoms with Crippen molar-refractivity contribution in [1.29, 1.82) is 0 Å². The number of carbonyl (C=O) groups is 1. The van der Waals surface area contributed by atoms with E-state index in [-0.39, 0.29) is 11.7 Å². The smallest absolute Gasteiger partial charge is 0.271 e. The van der Waals surface area contributed by atoms with Crippen molar-refractivity contribution in [1.82, 2.24) is 5.43 Å². The molecule has 0 fully saturated rings. The van der Waals surface area contributed by atoms with E-state index in [4.69, 9.17) is 0 Å². The van der Waals surface area contributed by atoms with Crippen molar-refractivity contribution in [3.63, 3.8) is 0 Å². The lowest BCUT2D eigenvalue weighted by atomic mass is 10.1. The molecular weight excluding hydrogens is 264 g/mol. The summed E-state index contributed by atoms with van der Waals surface area (Å²) in [6.07, 6.45) is 0.603. The highest BCUT2D eigenvalue weighted by molar-refractivity contribution is 6.03. The van der Waals surface area contributed by atoms with Gasteiger partial charge in [-0.2, -0.15) is 5.10 Å². The number of phenols is 1. The number of benzene rings is 2. The van der Waals surface area contributed by atoms with Gasteiger partial charge in [0.2, 0.25) is 0 Å². The zero-order chi connectivity index (χ0) is 15.2. The van der Waals surface area contributed by atoms with Gasteiger partial charge in [0.25, 0.3) is 5.91 Å². The van der Waals surface area contributed by atoms with Crippen molar-refractivity contribution in [2.24, 2.45) is 5.10 Å². The number of aromatic hydroxyl groups is 1. The highest BCUT2D eigenvalue weighted by Gasteiger charge is 2.08. The molecule has 0 atom stereocenters. The molecule has 0 heterocycles. The van der Waals surface area contributed by atoms with Gasteiger partial charge in [0.15, 0.2) is 0 Å². The van der Waals surface area contributed by atoms with E-state index in [0.29, 0.717) is 23.3 Å². The third-order valence-corrected chi connectivity index (χ3v) is 3.16. The maximum atomic E-state index is 12.0. The summed E-state index contributed by atoms with van der Waals surface area (Å²) in [7, 11) is 0. The Labute approximate surface area is 124 Å². The molecule has 0 aliphatic heterocycles.